The van der Waals surface area contributed by atoms with Crippen LogP contribution in [0.25, 0.3) is 0 Å². The highest BCUT2D eigenvalue weighted by molar-refractivity contribution is 9.12. The largest absolute Gasteiger partial charge is 0.345 e. The van der Waals surface area contributed by atoms with Gasteiger partial charge in [-0.15, -0.1) is 0 Å². The van der Waals surface area contributed by atoms with E-state index in [9.17, 15) is 0 Å². The van der Waals surface area contributed by atoms with Gasteiger partial charge in [-0.2, -0.15) is 0 Å². The van der Waals surface area contributed by atoms with Crippen molar-refractivity contribution in [2.45, 2.75) is 0 Å². The first-order chi connectivity index (χ1) is 5.83. The second-order valence-corrected chi connectivity index (χ2v) is 2.95. The maximum Gasteiger partial charge on any atom is 0.129 e. The van der Waals surface area contributed by atoms with Crippen LogP contribution < -0.4 is 5.32 Å². The van der Waals surface area contributed by atoms with Crippen LogP contribution in [0.3, 0.4) is 0 Å². The molecule has 1 heterocycles. The van der Waals surface area contributed by atoms with Crippen molar-refractivity contribution in [3.63, 3.8) is 0 Å². The highest BCUT2D eigenvalue weighted by atomic mass is 79.9. The van der Waals surface area contributed by atoms with Gasteiger partial charge in [0, 0.05) is 18.6 Å². The number of nitrogens with zero attached hydrogens (tertiary/aromatic N) is 1. The molecule has 1 aromatic heterocycles. The monoisotopic (exact) mass is 225 g/mol. The Morgan fingerprint density at radius 3 is 3.00 bits per heavy atom. The number of aromatic nitrogens is 1. The molecular formula is C8H8BrN3. The van der Waals surface area contributed by atoms with Crippen LogP contribution in [-0.2, 0) is 0 Å². The van der Waals surface area contributed by atoms with Gasteiger partial charge in [0.25, 0.3) is 0 Å². The first-order valence-corrected chi connectivity index (χ1v) is 4.16. The van der Waals surface area contributed by atoms with Gasteiger partial charge in [0.05, 0.1) is 4.48 Å². The van der Waals surface area contributed by atoms with Crippen LogP contribution in [-0.4, -0.2) is 11.2 Å². The minimum Gasteiger partial charge on any atom is -0.345 e. The zero-order chi connectivity index (χ0) is 8.81. The summed E-state index contributed by atoms with van der Waals surface area (Å²) in [6.45, 7) is 0. The van der Waals surface area contributed by atoms with E-state index in [2.05, 4.69) is 26.2 Å². The van der Waals surface area contributed by atoms with Crippen LogP contribution in [0.4, 0.5) is 5.82 Å². The molecule has 1 rings (SSSR count). The lowest BCUT2D eigenvalue weighted by molar-refractivity contribution is 1.31. The van der Waals surface area contributed by atoms with E-state index in [4.69, 9.17) is 5.41 Å². The fraction of sp³-hybridized carbons (Fsp3) is 0. The number of hydrogen-bond donors (Lipinski definition) is 2. The summed E-state index contributed by atoms with van der Waals surface area (Å²) in [4.78, 5) is 4.03. The summed E-state index contributed by atoms with van der Waals surface area (Å²) in [6, 6.07) is 5.59. The third kappa shape index (κ3) is 2.84. The third-order valence-electron chi connectivity index (χ3n) is 1.16. The SMILES string of the molecule is N=C/C(Br)=C\Nc1ccccn1. The van der Waals surface area contributed by atoms with Gasteiger partial charge in [0.1, 0.15) is 5.82 Å². The number of halogens is 1. The van der Waals surface area contributed by atoms with E-state index in [1.807, 2.05) is 18.2 Å². The number of allylic oxidation sites excluding steroid dienone is 1. The molecule has 0 fully saturated rings. The molecule has 2 N–H and O–H groups in total. The average molecular weight is 226 g/mol. The third-order valence-corrected chi connectivity index (χ3v) is 1.62. The van der Waals surface area contributed by atoms with Crippen molar-refractivity contribution in [1.29, 1.82) is 5.41 Å². The van der Waals surface area contributed by atoms with Crippen LogP contribution in [0.5, 0.6) is 0 Å². The topological polar surface area (TPSA) is 48.8 Å². The first kappa shape index (κ1) is 8.93. The summed E-state index contributed by atoms with van der Waals surface area (Å²) < 4.78 is 0.674. The van der Waals surface area contributed by atoms with Gasteiger partial charge >= 0.3 is 0 Å². The molecule has 0 unspecified atom stereocenters. The molecule has 0 atom stereocenters. The minimum atomic E-state index is 0.674. The van der Waals surface area contributed by atoms with Crippen molar-refractivity contribution in [3.05, 3.63) is 35.1 Å². The van der Waals surface area contributed by atoms with E-state index >= 15 is 0 Å². The molecule has 62 valence electrons. The van der Waals surface area contributed by atoms with Gasteiger partial charge in [0.2, 0.25) is 0 Å². The summed E-state index contributed by atoms with van der Waals surface area (Å²) in [5.41, 5.74) is 0. The Hall–Kier alpha value is -1.16. The zero-order valence-corrected chi connectivity index (χ0v) is 7.88. The van der Waals surface area contributed by atoms with Crippen molar-refractivity contribution in [2.75, 3.05) is 5.32 Å². The molecule has 0 aliphatic carbocycles. The Morgan fingerprint density at radius 2 is 2.42 bits per heavy atom. The van der Waals surface area contributed by atoms with Crippen molar-refractivity contribution >= 4 is 28.0 Å². The smallest absolute Gasteiger partial charge is 0.129 e. The Morgan fingerprint density at radius 1 is 1.58 bits per heavy atom. The fourth-order valence-corrected chi connectivity index (χ4v) is 0.747. The van der Waals surface area contributed by atoms with Gasteiger partial charge in [-0.1, -0.05) is 6.07 Å². The van der Waals surface area contributed by atoms with Crippen LogP contribution in [0, 0.1) is 5.41 Å². The summed E-state index contributed by atoms with van der Waals surface area (Å²) in [5.74, 6) is 0.760. The van der Waals surface area contributed by atoms with Gasteiger partial charge in [-0.3, -0.25) is 0 Å². The lowest BCUT2D eigenvalue weighted by Crippen LogP contribution is -1.90. The van der Waals surface area contributed by atoms with Crippen LogP contribution in [0.2, 0.25) is 0 Å². The summed E-state index contributed by atoms with van der Waals surface area (Å²) in [7, 11) is 0. The zero-order valence-electron chi connectivity index (χ0n) is 6.29. The van der Waals surface area contributed by atoms with Gasteiger partial charge < -0.3 is 10.7 Å². The Bertz CT molecular complexity index is 282. The number of nitrogens with one attached hydrogen (secondary N) is 2. The molecule has 0 amide bonds. The Balaban J connectivity index is 2.60. The minimum absolute atomic E-state index is 0.674. The highest BCUT2D eigenvalue weighted by Gasteiger charge is 1.87. The molecule has 0 spiro atoms. The van der Waals surface area contributed by atoms with Crippen molar-refractivity contribution < 1.29 is 0 Å². The molecule has 0 aliphatic heterocycles. The summed E-state index contributed by atoms with van der Waals surface area (Å²) >= 11 is 3.16. The number of hydrogen-bond acceptors (Lipinski definition) is 3. The molecule has 3 nitrogen and oxygen atoms in total. The van der Waals surface area contributed by atoms with E-state index in [0.717, 1.165) is 5.82 Å². The molecule has 4 heteroatoms. The van der Waals surface area contributed by atoms with Crippen LogP contribution >= 0.6 is 15.9 Å². The van der Waals surface area contributed by atoms with E-state index in [1.54, 1.807) is 12.4 Å². The number of rotatable bonds is 3. The molecule has 0 aliphatic rings. The molecule has 0 aromatic carbocycles. The van der Waals surface area contributed by atoms with E-state index in [1.165, 1.54) is 6.21 Å². The van der Waals surface area contributed by atoms with Crippen molar-refractivity contribution in [3.8, 4) is 0 Å². The lowest BCUT2D eigenvalue weighted by Gasteiger charge is -1.97. The van der Waals surface area contributed by atoms with Crippen molar-refractivity contribution in [2.24, 2.45) is 0 Å². The maximum absolute atomic E-state index is 6.87. The predicted molar refractivity (Wildman–Crippen MR) is 53.7 cm³/mol. The molecule has 0 bridgehead atoms. The molecule has 0 saturated heterocycles. The fourth-order valence-electron chi connectivity index (χ4n) is 0.633. The molecule has 0 radical (unpaired) electrons. The van der Waals surface area contributed by atoms with Gasteiger partial charge in [-0.05, 0) is 28.1 Å². The van der Waals surface area contributed by atoms with E-state index < -0.39 is 0 Å². The maximum atomic E-state index is 6.87. The van der Waals surface area contributed by atoms with Crippen LogP contribution in [0.15, 0.2) is 35.1 Å². The number of anilines is 1. The molecule has 0 saturated carbocycles. The first-order valence-electron chi connectivity index (χ1n) is 3.36. The van der Waals surface area contributed by atoms with Crippen LogP contribution in [0.1, 0.15) is 0 Å². The average Bonchev–Trinajstić information content (AvgIpc) is 2.16. The standard InChI is InChI=1S/C8H8BrN3/c9-7(5-10)6-12-8-3-1-2-4-11-8/h1-6,10H,(H,11,12)/b7-6+,10-5?. The normalized spacial score (nSPS) is 10.9. The Kier molecular flexibility index (Phi) is 3.47. The van der Waals surface area contributed by atoms with E-state index in [-0.39, 0.29) is 0 Å². The number of pyridine rings is 1. The predicted octanol–water partition coefficient (Wildman–Crippen LogP) is 2.38. The lowest BCUT2D eigenvalue weighted by atomic mass is 10.5. The molecular weight excluding hydrogens is 218 g/mol. The second kappa shape index (κ2) is 4.66. The summed E-state index contributed by atoms with van der Waals surface area (Å²) in [5, 5.41) is 9.80. The van der Waals surface area contributed by atoms with Gasteiger partial charge in [0.15, 0.2) is 0 Å². The van der Waals surface area contributed by atoms with E-state index in [0.29, 0.717) is 4.48 Å². The Labute approximate surface area is 79.2 Å². The molecule has 1 aromatic rings. The summed E-state index contributed by atoms with van der Waals surface area (Å²) in [6.07, 6.45) is 4.57. The van der Waals surface area contributed by atoms with Gasteiger partial charge in [-0.25, -0.2) is 4.98 Å². The highest BCUT2D eigenvalue weighted by Crippen LogP contribution is 2.03. The second-order valence-electron chi connectivity index (χ2n) is 2.03. The van der Waals surface area contributed by atoms with Crippen molar-refractivity contribution in [1.82, 2.24) is 4.98 Å². The quantitative estimate of drug-likeness (QED) is 0.777. The molecule has 12 heavy (non-hydrogen) atoms.